The summed E-state index contributed by atoms with van der Waals surface area (Å²) in [7, 11) is 0. The van der Waals surface area contributed by atoms with Crippen molar-refractivity contribution in [2.24, 2.45) is 0 Å². The topological polar surface area (TPSA) is 170 Å². The number of fused-ring (bicyclic) bond motifs is 27. The van der Waals surface area contributed by atoms with E-state index in [-0.39, 0.29) is 0 Å². The van der Waals surface area contributed by atoms with E-state index in [9.17, 15) is 0 Å². The zero-order chi connectivity index (χ0) is 76.5. The van der Waals surface area contributed by atoms with Gasteiger partial charge in [-0.1, -0.05) is 194 Å². The first kappa shape index (κ1) is 64.6. The van der Waals surface area contributed by atoms with Gasteiger partial charge in [0.15, 0.2) is 0 Å². The highest BCUT2D eigenvalue weighted by Gasteiger charge is 2.25. The molecule has 0 unspecified atom stereocenters. The minimum absolute atomic E-state index is 0.594. The summed E-state index contributed by atoms with van der Waals surface area (Å²) in [5.41, 5.74) is 25.1. The van der Waals surface area contributed by atoms with E-state index in [0.29, 0.717) is 17.8 Å². The molecule has 117 heavy (non-hydrogen) atoms. The molecule has 15 aromatic carbocycles. The first-order valence-corrected chi connectivity index (χ1v) is 39.4. The van der Waals surface area contributed by atoms with Crippen LogP contribution in [0.4, 0.5) is 0 Å². The van der Waals surface area contributed by atoms with Crippen LogP contribution in [0.5, 0.6) is 0 Å². The van der Waals surface area contributed by atoms with Crippen molar-refractivity contribution in [3.05, 3.63) is 346 Å². The van der Waals surface area contributed by atoms with E-state index in [1.165, 1.54) is 25.7 Å². The van der Waals surface area contributed by atoms with Gasteiger partial charge in [-0.25, -0.2) is 58.6 Å². The molecule has 0 aliphatic carbocycles. The molecular formula is C99H57N15O2S. The fraction of sp³-hybridized carbons (Fsp3) is 0. The van der Waals surface area contributed by atoms with Crippen molar-refractivity contribution in [3.63, 3.8) is 0 Å². The fourth-order valence-corrected chi connectivity index (χ4v) is 18.4. The molecule has 0 radical (unpaired) electrons. The van der Waals surface area contributed by atoms with Gasteiger partial charge in [0.05, 0.1) is 82.8 Å². The normalized spacial score (nSPS) is 12.1. The van der Waals surface area contributed by atoms with Crippen LogP contribution in [0.2, 0.25) is 0 Å². The van der Waals surface area contributed by atoms with Gasteiger partial charge < -0.3 is 8.83 Å². The zero-order valence-corrected chi connectivity index (χ0v) is 62.7. The average molecular weight is 1520 g/mol. The average Bonchev–Trinajstić information content (AvgIpc) is 1.57. The first-order valence-electron chi connectivity index (χ1n) is 38.6. The SMILES string of the molecule is c1ccc2nc(-n3c4ccc(-c5ccc6oc7ccccc7c6c5)cc4n4c5ccccc5nc34)ncc2c1.c1ccc2nc(-n3c4ccc(-c5ccc6sc7ccccc7c6c5)cc4n4c5ccccc5nc34)ncc2c1.c1ccc2nc(-n3c4ccc(-c5cccc6c5oc5ccccc56)cc4n4c5ccccc5nc34)ncc2c1. The molecule has 0 aliphatic rings. The van der Waals surface area contributed by atoms with Crippen LogP contribution in [-0.2, 0) is 0 Å². The van der Waals surface area contributed by atoms with Crippen LogP contribution in [0.1, 0.15) is 0 Å². The number of nitrogens with zero attached hydrogens (tertiary/aromatic N) is 15. The van der Waals surface area contributed by atoms with Crippen molar-refractivity contribution in [1.82, 2.24) is 71.8 Å². The van der Waals surface area contributed by atoms with E-state index in [1.54, 1.807) is 0 Å². The van der Waals surface area contributed by atoms with Gasteiger partial charge in [-0.3, -0.25) is 13.2 Å². The summed E-state index contributed by atoms with van der Waals surface area (Å²) in [6.45, 7) is 0. The molecule has 12 heterocycles. The van der Waals surface area contributed by atoms with Crippen LogP contribution in [0.3, 0.4) is 0 Å². The molecule has 0 bridgehead atoms. The molecule has 12 aromatic heterocycles. The fourth-order valence-electron chi connectivity index (χ4n) is 17.3. The summed E-state index contributed by atoms with van der Waals surface area (Å²) < 4.78 is 27.9. The van der Waals surface area contributed by atoms with Crippen LogP contribution >= 0.6 is 11.3 Å². The van der Waals surface area contributed by atoms with E-state index in [2.05, 4.69) is 210 Å². The van der Waals surface area contributed by atoms with E-state index in [0.717, 1.165) is 188 Å². The van der Waals surface area contributed by atoms with Crippen LogP contribution in [0, 0.1) is 0 Å². The van der Waals surface area contributed by atoms with Crippen LogP contribution < -0.4 is 0 Å². The largest absolute Gasteiger partial charge is 0.456 e. The molecule has 27 aromatic rings. The number of para-hydroxylation sites is 12. The number of benzene rings is 15. The Morgan fingerprint density at radius 3 is 1.12 bits per heavy atom. The third kappa shape index (κ3) is 10.0. The van der Waals surface area contributed by atoms with Crippen LogP contribution in [0.15, 0.2) is 355 Å². The summed E-state index contributed by atoms with van der Waals surface area (Å²) >= 11 is 1.84. The van der Waals surface area contributed by atoms with Crippen LogP contribution in [0.25, 0.3) is 232 Å². The number of imidazole rings is 6. The van der Waals surface area contributed by atoms with Crippen molar-refractivity contribution in [2.45, 2.75) is 0 Å². The molecular weight excluding hydrogens is 1460 g/mol. The highest BCUT2D eigenvalue weighted by atomic mass is 32.1. The second kappa shape index (κ2) is 25.2. The molecule has 27 rings (SSSR count). The molecule has 0 atom stereocenters. The Labute approximate surface area is 665 Å². The standard InChI is InChI=1S/2C33H19N5O.C33H19N5S/c1-3-12-25-21(8-1)19-34-32(35-25)38-28-17-16-20(18-29(28)37-27-14-5-4-13-26(27)36-33(37)38)22-10-7-11-24-23-9-2-6-15-30(23)39-31(22)24;2*1-3-9-25-22(7-1)19-34-32(35-25)38-28-15-13-21(18-29(28)37-27-11-5-4-10-26(27)36-33(37)38)20-14-16-31-24(17-20)23-8-2-6-12-30(23)39-31/h3*1-19H. The Kier molecular flexibility index (Phi) is 13.9. The Hall–Kier alpha value is -16.1. The Bertz CT molecular complexity index is 8500. The summed E-state index contributed by atoms with van der Waals surface area (Å²) in [5.74, 6) is 4.18. The summed E-state index contributed by atoms with van der Waals surface area (Å²) in [6, 6.07) is 113. The zero-order valence-electron chi connectivity index (χ0n) is 61.8. The van der Waals surface area contributed by atoms with Gasteiger partial charge >= 0.3 is 0 Å². The monoisotopic (exact) mass is 1520 g/mol. The molecule has 17 nitrogen and oxygen atoms in total. The van der Waals surface area contributed by atoms with Crippen molar-refractivity contribution in [1.29, 1.82) is 0 Å². The third-order valence-electron chi connectivity index (χ3n) is 22.8. The first-order chi connectivity index (χ1) is 58.0. The van der Waals surface area contributed by atoms with Gasteiger partial charge in [-0.15, -0.1) is 11.3 Å². The Morgan fingerprint density at radius 2 is 0.598 bits per heavy atom. The van der Waals surface area contributed by atoms with Gasteiger partial charge in [-0.2, -0.15) is 0 Å². The Morgan fingerprint density at radius 1 is 0.231 bits per heavy atom. The number of hydrogen-bond donors (Lipinski definition) is 0. The van der Waals surface area contributed by atoms with Gasteiger partial charge in [0.1, 0.15) is 22.3 Å². The predicted molar refractivity (Wildman–Crippen MR) is 472 cm³/mol. The van der Waals surface area contributed by atoms with Gasteiger partial charge in [-0.05, 0) is 161 Å². The minimum Gasteiger partial charge on any atom is -0.456 e. The molecule has 0 fully saturated rings. The molecule has 0 saturated heterocycles. The number of rotatable bonds is 6. The van der Waals surface area contributed by atoms with Gasteiger partial charge in [0, 0.05) is 82.0 Å². The lowest BCUT2D eigenvalue weighted by Crippen LogP contribution is -2.01. The van der Waals surface area contributed by atoms with E-state index >= 15 is 0 Å². The van der Waals surface area contributed by atoms with Gasteiger partial charge in [0.25, 0.3) is 0 Å². The smallest absolute Gasteiger partial charge is 0.237 e. The van der Waals surface area contributed by atoms with E-state index in [4.69, 9.17) is 53.7 Å². The number of hydrogen-bond acceptors (Lipinski definition) is 12. The number of thiophene rings is 1. The molecule has 18 heteroatoms. The number of aromatic nitrogens is 15. The van der Waals surface area contributed by atoms with Crippen molar-refractivity contribution >= 4 is 192 Å². The minimum atomic E-state index is 0.594. The molecule has 0 aliphatic heterocycles. The summed E-state index contributed by atoms with van der Waals surface area (Å²) in [6.07, 6.45) is 5.64. The maximum atomic E-state index is 6.36. The maximum Gasteiger partial charge on any atom is 0.237 e. The van der Waals surface area contributed by atoms with Crippen molar-refractivity contribution < 1.29 is 8.83 Å². The molecule has 546 valence electrons. The summed E-state index contributed by atoms with van der Waals surface area (Å²) in [5, 5.41) is 10.1. The van der Waals surface area contributed by atoms with E-state index in [1.807, 2.05) is 174 Å². The molecule has 0 saturated carbocycles. The second-order valence-corrected chi connectivity index (χ2v) is 30.5. The van der Waals surface area contributed by atoms with Gasteiger partial charge in [0.2, 0.25) is 35.2 Å². The molecule has 0 amide bonds. The number of furan rings is 2. The second-order valence-electron chi connectivity index (χ2n) is 29.4. The molecule has 0 spiro atoms. The van der Waals surface area contributed by atoms with E-state index < -0.39 is 0 Å². The maximum absolute atomic E-state index is 6.36. The van der Waals surface area contributed by atoms with Crippen molar-refractivity contribution in [3.8, 4) is 51.2 Å². The van der Waals surface area contributed by atoms with Crippen molar-refractivity contribution in [2.75, 3.05) is 0 Å². The lowest BCUT2D eigenvalue weighted by Gasteiger charge is -2.06. The summed E-state index contributed by atoms with van der Waals surface area (Å²) in [4.78, 5) is 44.1. The highest BCUT2D eigenvalue weighted by molar-refractivity contribution is 7.25. The quantitative estimate of drug-likeness (QED) is 0.155. The highest BCUT2D eigenvalue weighted by Crippen LogP contribution is 2.43. The lowest BCUT2D eigenvalue weighted by atomic mass is 10.0. The molecule has 0 N–H and O–H groups in total. The lowest BCUT2D eigenvalue weighted by molar-refractivity contribution is 0.669. The third-order valence-corrected chi connectivity index (χ3v) is 23.9. The Balaban J connectivity index is 0.0000000980. The predicted octanol–water partition coefficient (Wildman–Crippen LogP) is 24.3. The van der Waals surface area contributed by atoms with Crippen LogP contribution in [-0.4, -0.2) is 71.8 Å².